The summed E-state index contributed by atoms with van der Waals surface area (Å²) in [7, 11) is 0. The van der Waals surface area contributed by atoms with E-state index in [0.29, 0.717) is 18.8 Å². The van der Waals surface area contributed by atoms with E-state index >= 15 is 0 Å². The molecule has 4 nitrogen and oxygen atoms in total. The molecule has 1 aliphatic carbocycles. The van der Waals surface area contributed by atoms with E-state index in [-0.39, 0.29) is 16.8 Å². The van der Waals surface area contributed by atoms with Crippen LogP contribution in [0.3, 0.4) is 0 Å². The smallest absolute Gasteiger partial charge is 0.449 e. The number of hydrogen-bond donors (Lipinski definition) is 0. The fourth-order valence-electron chi connectivity index (χ4n) is 4.89. The molecule has 4 fully saturated rings. The molecule has 3 saturated heterocycles. The number of hydrogen-bond acceptors (Lipinski definition) is 4. The van der Waals surface area contributed by atoms with Gasteiger partial charge in [-0.25, -0.2) is 9.78 Å². The highest BCUT2D eigenvalue weighted by Gasteiger charge is 2.69. The predicted octanol–water partition coefficient (Wildman–Crippen LogP) is 4.44. The summed E-state index contributed by atoms with van der Waals surface area (Å²) in [5.41, 5.74) is -0.806. The fraction of sp³-hybridized carbons (Fsp3) is 0.875. The first-order valence-corrected chi connectivity index (χ1v) is 9.41. The lowest BCUT2D eigenvalue weighted by Crippen LogP contribution is -2.67. The van der Waals surface area contributed by atoms with Crippen molar-refractivity contribution >= 4 is 15.9 Å². The summed E-state index contributed by atoms with van der Waals surface area (Å²) in [5, 5.41) is 0.0860. The average Bonchev–Trinajstić information content (AvgIpc) is 2.74. The van der Waals surface area contributed by atoms with Gasteiger partial charge in [-0.1, -0.05) is 22.9 Å². The van der Waals surface area contributed by atoms with E-state index in [1.807, 2.05) is 0 Å². The molecule has 0 amide bonds. The van der Waals surface area contributed by atoms with E-state index in [1.165, 1.54) is 0 Å². The van der Waals surface area contributed by atoms with Gasteiger partial charge in [0.25, 0.3) is 0 Å². The maximum Gasteiger partial charge on any atom is 0.449 e. The lowest BCUT2D eigenvalue weighted by molar-refractivity contribution is -0.557. The van der Waals surface area contributed by atoms with Gasteiger partial charge in [0.05, 0.1) is 0 Å². The van der Waals surface area contributed by atoms with Crippen LogP contribution in [0.1, 0.15) is 39.5 Å². The molecule has 0 aromatic heterocycles. The van der Waals surface area contributed by atoms with E-state index in [2.05, 4.69) is 22.9 Å². The van der Waals surface area contributed by atoms with E-state index in [4.69, 9.17) is 19.2 Å². The first-order chi connectivity index (χ1) is 11.2. The van der Waals surface area contributed by atoms with Crippen LogP contribution in [0.5, 0.6) is 0 Å². The summed E-state index contributed by atoms with van der Waals surface area (Å²) < 4.78 is 51.9. The zero-order valence-corrected chi connectivity index (χ0v) is 15.1. The van der Waals surface area contributed by atoms with E-state index < -0.39 is 35.5 Å². The molecule has 4 aliphatic heterocycles. The molecular formula is C16H20BrF3O4. The molecule has 0 N–H and O–H groups in total. The summed E-state index contributed by atoms with van der Waals surface area (Å²) in [6, 6.07) is 0. The molecule has 8 heteroatoms. The van der Waals surface area contributed by atoms with Gasteiger partial charge in [0.1, 0.15) is 0 Å². The molecule has 5 aliphatic rings. The molecule has 24 heavy (non-hydrogen) atoms. The molecule has 2 unspecified atom stereocenters. The Morgan fingerprint density at radius 1 is 1.21 bits per heavy atom. The molecule has 0 radical (unpaired) electrons. The SMILES string of the molecule is C[C@@H]1CC[C@H]2C(CBr)=C(C(F)(F)F)O[C@@H]3OC4(C)CCC1[C@]32OO4. The van der Waals surface area contributed by atoms with E-state index in [0.717, 1.165) is 12.8 Å². The van der Waals surface area contributed by atoms with Gasteiger partial charge in [-0.05, 0) is 37.7 Å². The van der Waals surface area contributed by atoms with Crippen LogP contribution in [0.25, 0.3) is 0 Å². The van der Waals surface area contributed by atoms with Gasteiger partial charge in [0, 0.05) is 23.6 Å². The third kappa shape index (κ3) is 2.22. The Kier molecular flexibility index (Phi) is 3.81. The minimum absolute atomic E-state index is 0.0365. The molecule has 0 aromatic carbocycles. The van der Waals surface area contributed by atoms with Crippen LogP contribution in [0.4, 0.5) is 13.2 Å². The van der Waals surface area contributed by atoms with E-state index in [1.54, 1.807) is 6.92 Å². The lowest BCUT2D eigenvalue weighted by Gasteiger charge is -2.57. The van der Waals surface area contributed by atoms with Gasteiger partial charge < -0.3 is 9.47 Å². The van der Waals surface area contributed by atoms with Gasteiger partial charge in [0.15, 0.2) is 5.60 Å². The number of alkyl halides is 4. The van der Waals surface area contributed by atoms with Crippen molar-refractivity contribution in [1.82, 2.24) is 0 Å². The normalized spacial score (nSPS) is 47.9. The molecule has 0 aromatic rings. The molecule has 4 heterocycles. The van der Waals surface area contributed by atoms with Crippen LogP contribution in [0, 0.1) is 17.8 Å². The maximum atomic E-state index is 13.5. The number of allylic oxidation sites excluding steroid dienone is 1. The first kappa shape index (κ1) is 17.1. The van der Waals surface area contributed by atoms with Crippen LogP contribution < -0.4 is 0 Å². The highest BCUT2D eigenvalue weighted by Crippen LogP contribution is 2.61. The van der Waals surface area contributed by atoms with Gasteiger partial charge in [0.2, 0.25) is 17.8 Å². The monoisotopic (exact) mass is 412 g/mol. The predicted molar refractivity (Wildman–Crippen MR) is 80.8 cm³/mol. The fourth-order valence-corrected chi connectivity index (χ4v) is 5.54. The van der Waals surface area contributed by atoms with Crippen molar-refractivity contribution in [3.8, 4) is 0 Å². The third-order valence-corrected chi connectivity index (χ3v) is 6.66. The second kappa shape index (κ2) is 5.34. The Morgan fingerprint density at radius 2 is 1.96 bits per heavy atom. The van der Waals surface area contributed by atoms with Crippen molar-refractivity contribution < 1.29 is 32.4 Å². The second-order valence-electron chi connectivity index (χ2n) is 7.46. The van der Waals surface area contributed by atoms with Crippen molar-refractivity contribution in [3.05, 3.63) is 11.3 Å². The van der Waals surface area contributed by atoms with Gasteiger partial charge >= 0.3 is 6.18 Å². The minimum Gasteiger partial charge on any atom is -0.456 e. The Bertz CT molecular complexity index is 580. The Labute approximate surface area is 146 Å². The number of halogens is 4. The van der Waals surface area contributed by atoms with Crippen LogP contribution in [0.15, 0.2) is 11.3 Å². The van der Waals surface area contributed by atoms with Crippen molar-refractivity contribution in [3.63, 3.8) is 0 Å². The summed E-state index contributed by atoms with van der Waals surface area (Å²) in [6.45, 7) is 3.81. The molecule has 6 atom stereocenters. The van der Waals surface area contributed by atoms with Crippen LogP contribution in [-0.4, -0.2) is 29.2 Å². The second-order valence-corrected chi connectivity index (χ2v) is 8.02. The first-order valence-electron chi connectivity index (χ1n) is 8.29. The molecule has 1 saturated carbocycles. The van der Waals surface area contributed by atoms with Crippen LogP contribution >= 0.6 is 15.9 Å². The van der Waals surface area contributed by atoms with E-state index in [9.17, 15) is 13.2 Å². The summed E-state index contributed by atoms with van der Waals surface area (Å²) in [5.74, 6) is -2.09. The third-order valence-electron chi connectivity index (χ3n) is 6.06. The topological polar surface area (TPSA) is 36.9 Å². The van der Waals surface area contributed by atoms with Gasteiger partial charge in [-0.15, -0.1) is 0 Å². The van der Waals surface area contributed by atoms with Crippen molar-refractivity contribution in [2.24, 2.45) is 17.8 Å². The maximum absolute atomic E-state index is 13.5. The van der Waals surface area contributed by atoms with Gasteiger partial charge in [-0.3, -0.25) is 0 Å². The molecule has 136 valence electrons. The largest absolute Gasteiger partial charge is 0.456 e. The summed E-state index contributed by atoms with van der Waals surface area (Å²) in [6.07, 6.45) is -2.85. The molecule has 1 spiro atoms. The quantitative estimate of drug-likeness (QED) is 0.471. The Hall–Kier alpha value is -0.310. The number of fused-ring (bicyclic) bond motifs is 2. The standard InChI is InChI=1S/C16H20BrF3O4/c1-8-3-4-11-9(7-17)12(16(18,19)20)21-13-15(11)10(8)5-6-14(2,22-13)23-24-15/h8,10-11,13H,3-7H2,1-2H3/t8-,10?,11+,13-,14?,15-/m1/s1. The van der Waals surface area contributed by atoms with Crippen LogP contribution in [0.2, 0.25) is 0 Å². The Balaban J connectivity index is 1.88. The number of ether oxygens (including phenoxy) is 2. The zero-order valence-electron chi connectivity index (χ0n) is 13.5. The molecule has 5 rings (SSSR count). The highest BCUT2D eigenvalue weighted by molar-refractivity contribution is 9.09. The minimum atomic E-state index is -4.56. The van der Waals surface area contributed by atoms with Crippen LogP contribution in [-0.2, 0) is 19.2 Å². The van der Waals surface area contributed by atoms with Gasteiger partial charge in [-0.2, -0.15) is 13.2 Å². The van der Waals surface area contributed by atoms with Crippen molar-refractivity contribution in [2.45, 2.75) is 63.4 Å². The Morgan fingerprint density at radius 3 is 2.62 bits per heavy atom. The highest BCUT2D eigenvalue weighted by atomic mass is 79.9. The van der Waals surface area contributed by atoms with Crippen molar-refractivity contribution in [1.29, 1.82) is 0 Å². The zero-order chi connectivity index (χ0) is 17.3. The average molecular weight is 413 g/mol. The summed E-state index contributed by atoms with van der Waals surface area (Å²) >= 11 is 3.22. The molecular weight excluding hydrogens is 393 g/mol. The van der Waals surface area contributed by atoms with Crippen molar-refractivity contribution in [2.75, 3.05) is 5.33 Å². The lowest BCUT2D eigenvalue weighted by atomic mass is 9.59. The summed E-state index contributed by atoms with van der Waals surface area (Å²) in [4.78, 5) is 11.4. The number of rotatable bonds is 1. The molecule has 2 bridgehead atoms.